The number of nitrogens with zero attached hydrogens (tertiary/aromatic N) is 2. The Balaban J connectivity index is 3.21. The van der Waals surface area contributed by atoms with Gasteiger partial charge in [0.05, 0.1) is 17.6 Å². The molecular weight excluding hydrogens is 145 g/mol. The normalized spacial score (nSPS) is 12.0. The Bertz CT molecular complexity index is 240. The fourth-order valence-electron chi connectivity index (χ4n) is 1.18. The molecule has 0 unspecified atom stereocenters. The second-order valence-corrected chi connectivity index (χ2v) is 3.04. The lowest BCUT2D eigenvalue weighted by Gasteiger charge is -2.14. The average Bonchev–Trinajstić information content (AvgIpc) is 2.08. The van der Waals surface area contributed by atoms with E-state index in [2.05, 4.69) is 5.10 Å². The summed E-state index contributed by atoms with van der Waals surface area (Å²) in [7, 11) is 1.67. The molecular formula is C7H12FN3. The zero-order chi connectivity index (χ0) is 8.65. The molecule has 3 nitrogen and oxygen atoms in total. The van der Waals surface area contributed by atoms with Crippen molar-refractivity contribution in [1.82, 2.24) is 9.78 Å². The molecule has 11 heavy (non-hydrogen) atoms. The van der Waals surface area contributed by atoms with Crippen LogP contribution in [0.15, 0.2) is 6.20 Å². The van der Waals surface area contributed by atoms with Gasteiger partial charge in [0.1, 0.15) is 5.67 Å². The first-order valence-electron chi connectivity index (χ1n) is 3.40. The molecule has 1 rings (SSSR count). The third-order valence-corrected chi connectivity index (χ3v) is 1.53. The Labute approximate surface area is 65.0 Å². The van der Waals surface area contributed by atoms with E-state index in [-0.39, 0.29) is 0 Å². The van der Waals surface area contributed by atoms with Gasteiger partial charge in [-0.3, -0.25) is 4.68 Å². The Kier molecular flexibility index (Phi) is 1.62. The Morgan fingerprint density at radius 1 is 1.64 bits per heavy atom. The number of hydrogen-bond acceptors (Lipinski definition) is 2. The molecule has 0 atom stereocenters. The van der Waals surface area contributed by atoms with E-state index < -0.39 is 5.67 Å². The third kappa shape index (κ3) is 1.34. The van der Waals surface area contributed by atoms with Crippen LogP contribution in [0.4, 0.5) is 10.1 Å². The molecule has 1 aromatic heterocycles. The summed E-state index contributed by atoms with van der Waals surface area (Å²) in [6.07, 6.45) is 1.46. The van der Waals surface area contributed by atoms with E-state index in [0.29, 0.717) is 11.4 Å². The van der Waals surface area contributed by atoms with Crippen LogP contribution in [0.1, 0.15) is 19.5 Å². The van der Waals surface area contributed by atoms with E-state index >= 15 is 0 Å². The van der Waals surface area contributed by atoms with Crippen molar-refractivity contribution in [2.45, 2.75) is 19.5 Å². The van der Waals surface area contributed by atoms with Gasteiger partial charge in [-0.15, -0.1) is 0 Å². The fraction of sp³-hybridized carbons (Fsp3) is 0.571. The van der Waals surface area contributed by atoms with Crippen molar-refractivity contribution < 1.29 is 4.39 Å². The van der Waals surface area contributed by atoms with Crippen LogP contribution in [0.25, 0.3) is 0 Å². The van der Waals surface area contributed by atoms with Crippen molar-refractivity contribution in [1.29, 1.82) is 0 Å². The van der Waals surface area contributed by atoms with Gasteiger partial charge >= 0.3 is 0 Å². The first-order chi connectivity index (χ1) is 4.93. The lowest BCUT2D eigenvalue weighted by Crippen LogP contribution is -2.16. The first-order valence-corrected chi connectivity index (χ1v) is 3.40. The van der Waals surface area contributed by atoms with Crippen molar-refractivity contribution in [2.75, 3.05) is 5.73 Å². The number of hydrogen-bond donors (Lipinski definition) is 1. The summed E-state index contributed by atoms with van der Waals surface area (Å²) in [5.41, 5.74) is 4.91. The van der Waals surface area contributed by atoms with Crippen LogP contribution in [-0.2, 0) is 12.7 Å². The molecule has 0 fully saturated rings. The second kappa shape index (κ2) is 2.22. The molecule has 0 aliphatic carbocycles. The van der Waals surface area contributed by atoms with Crippen LogP contribution in [0.5, 0.6) is 0 Å². The standard InChI is InChI=1S/C7H12FN3/c1-7(2,8)6-5(9)4-10-11(6)3/h4H,9H2,1-3H3. The molecule has 0 aliphatic rings. The smallest absolute Gasteiger partial charge is 0.148 e. The fourth-order valence-corrected chi connectivity index (χ4v) is 1.18. The minimum absolute atomic E-state index is 0.403. The maximum Gasteiger partial charge on any atom is 0.148 e. The van der Waals surface area contributed by atoms with E-state index in [1.807, 2.05) is 0 Å². The number of alkyl halides is 1. The summed E-state index contributed by atoms with van der Waals surface area (Å²) < 4.78 is 14.8. The minimum Gasteiger partial charge on any atom is -0.396 e. The summed E-state index contributed by atoms with van der Waals surface area (Å²) in [5, 5.41) is 3.83. The van der Waals surface area contributed by atoms with Crippen LogP contribution < -0.4 is 5.73 Å². The van der Waals surface area contributed by atoms with Crippen LogP contribution in [-0.4, -0.2) is 9.78 Å². The lowest BCUT2D eigenvalue weighted by molar-refractivity contribution is 0.207. The van der Waals surface area contributed by atoms with E-state index in [1.54, 1.807) is 7.05 Å². The van der Waals surface area contributed by atoms with E-state index in [4.69, 9.17) is 5.73 Å². The van der Waals surface area contributed by atoms with Crippen LogP contribution in [0, 0.1) is 0 Å². The SMILES string of the molecule is Cn1ncc(N)c1C(C)(C)F. The summed E-state index contributed by atoms with van der Waals surface area (Å²) in [6, 6.07) is 0. The first kappa shape index (κ1) is 8.04. The van der Waals surface area contributed by atoms with Crippen LogP contribution in [0.2, 0.25) is 0 Å². The van der Waals surface area contributed by atoms with Crippen LogP contribution in [0.3, 0.4) is 0 Å². The van der Waals surface area contributed by atoms with Gasteiger partial charge in [-0.05, 0) is 13.8 Å². The van der Waals surface area contributed by atoms with E-state index in [1.165, 1.54) is 24.7 Å². The largest absolute Gasteiger partial charge is 0.396 e. The number of aromatic nitrogens is 2. The van der Waals surface area contributed by atoms with Crippen molar-refractivity contribution in [3.05, 3.63) is 11.9 Å². The third-order valence-electron chi connectivity index (χ3n) is 1.53. The van der Waals surface area contributed by atoms with Crippen molar-refractivity contribution in [3.8, 4) is 0 Å². The molecule has 0 saturated carbocycles. The summed E-state index contributed by atoms with van der Waals surface area (Å²) in [6.45, 7) is 2.92. The second-order valence-electron chi connectivity index (χ2n) is 3.04. The van der Waals surface area contributed by atoms with Gasteiger partial charge < -0.3 is 5.73 Å². The molecule has 2 N–H and O–H groups in total. The number of nitrogen functional groups attached to an aromatic ring is 1. The maximum atomic E-state index is 13.3. The summed E-state index contributed by atoms with van der Waals surface area (Å²) in [4.78, 5) is 0. The van der Waals surface area contributed by atoms with E-state index in [9.17, 15) is 4.39 Å². The van der Waals surface area contributed by atoms with Crippen LogP contribution >= 0.6 is 0 Å². The van der Waals surface area contributed by atoms with E-state index in [0.717, 1.165) is 0 Å². The molecule has 0 radical (unpaired) electrons. The molecule has 0 bridgehead atoms. The molecule has 1 heterocycles. The number of aryl methyl sites for hydroxylation is 1. The number of nitrogens with two attached hydrogens (primary N) is 1. The maximum absolute atomic E-state index is 13.3. The lowest BCUT2D eigenvalue weighted by atomic mass is 10.1. The molecule has 4 heteroatoms. The Hall–Kier alpha value is -1.06. The van der Waals surface area contributed by atoms with Gasteiger partial charge in [0.2, 0.25) is 0 Å². The topological polar surface area (TPSA) is 43.8 Å². The highest BCUT2D eigenvalue weighted by Crippen LogP contribution is 2.28. The molecule has 0 amide bonds. The van der Waals surface area contributed by atoms with Gasteiger partial charge in [0.15, 0.2) is 0 Å². The average molecular weight is 157 g/mol. The zero-order valence-electron chi connectivity index (χ0n) is 6.93. The number of rotatable bonds is 1. The number of halogens is 1. The predicted molar refractivity (Wildman–Crippen MR) is 41.8 cm³/mol. The summed E-state index contributed by atoms with van der Waals surface area (Å²) >= 11 is 0. The van der Waals surface area contributed by atoms with Crippen molar-refractivity contribution >= 4 is 5.69 Å². The molecule has 62 valence electrons. The highest BCUT2D eigenvalue weighted by atomic mass is 19.1. The predicted octanol–water partition coefficient (Wildman–Crippen LogP) is 1.21. The van der Waals surface area contributed by atoms with Gasteiger partial charge in [-0.1, -0.05) is 0 Å². The molecule has 0 spiro atoms. The Morgan fingerprint density at radius 3 is 2.36 bits per heavy atom. The Morgan fingerprint density at radius 2 is 2.18 bits per heavy atom. The molecule has 0 aromatic carbocycles. The monoisotopic (exact) mass is 157 g/mol. The van der Waals surface area contributed by atoms with Gasteiger partial charge in [0.25, 0.3) is 0 Å². The molecule has 0 saturated heterocycles. The zero-order valence-corrected chi connectivity index (χ0v) is 6.93. The highest BCUT2D eigenvalue weighted by molar-refractivity contribution is 5.43. The number of anilines is 1. The van der Waals surface area contributed by atoms with Crippen molar-refractivity contribution in [2.24, 2.45) is 7.05 Å². The van der Waals surface area contributed by atoms with Gasteiger partial charge in [0, 0.05) is 7.05 Å². The van der Waals surface area contributed by atoms with Gasteiger partial charge in [-0.2, -0.15) is 5.10 Å². The quantitative estimate of drug-likeness (QED) is 0.665. The summed E-state index contributed by atoms with van der Waals surface area (Å²) in [5.74, 6) is 0. The minimum atomic E-state index is -1.42. The van der Waals surface area contributed by atoms with Crippen molar-refractivity contribution in [3.63, 3.8) is 0 Å². The highest BCUT2D eigenvalue weighted by Gasteiger charge is 2.25. The van der Waals surface area contributed by atoms with Gasteiger partial charge in [-0.25, -0.2) is 4.39 Å². The molecule has 0 aliphatic heterocycles. The molecule has 1 aromatic rings.